The van der Waals surface area contributed by atoms with Gasteiger partial charge in [0.25, 0.3) is 0 Å². The number of carbonyl (C=O) groups excluding carboxylic acids is 1. The first-order chi connectivity index (χ1) is 9.61. The monoisotopic (exact) mass is 274 g/mol. The van der Waals surface area contributed by atoms with Crippen LogP contribution in [-0.2, 0) is 9.53 Å². The number of nitrogens with zero attached hydrogens (tertiary/aromatic N) is 2. The number of para-hydroxylation sites is 1. The molecule has 0 saturated carbocycles. The fourth-order valence-corrected chi connectivity index (χ4v) is 2.42. The lowest BCUT2D eigenvalue weighted by Gasteiger charge is -2.17. The van der Waals surface area contributed by atoms with Crippen LogP contribution < -0.4 is 0 Å². The van der Waals surface area contributed by atoms with Gasteiger partial charge in [-0.2, -0.15) is 0 Å². The van der Waals surface area contributed by atoms with Gasteiger partial charge in [0.1, 0.15) is 0 Å². The van der Waals surface area contributed by atoms with Crippen LogP contribution in [0.1, 0.15) is 30.9 Å². The van der Waals surface area contributed by atoms with Crippen molar-refractivity contribution in [3.05, 3.63) is 29.3 Å². The lowest BCUT2D eigenvalue weighted by atomic mass is 10.1. The summed E-state index contributed by atoms with van der Waals surface area (Å²) in [4.78, 5) is 18.2. The number of hydrogen-bond donors (Lipinski definition) is 0. The second-order valence-corrected chi connectivity index (χ2v) is 5.10. The topological polar surface area (TPSA) is 41.9 Å². The first kappa shape index (κ1) is 14.6. The molecule has 1 aliphatic rings. The van der Waals surface area contributed by atoms with E-state index in [9.17, 15) is 4.79 Å². The maximum atomic E-state index is 11.7. The smallest absolute Gasteiger partial charge is 0.223 e. The van der Waals surface area contributed by atoms with Crippen LogP contribution >= 0.6 is 0 Å². The van der Waals surface area contributed by atoms with E-state index in [1.165, 1.54) is 0 Å². The van der Waals surface area contributed by atoms with Crippen molar-refractivity contribution in [1.29, 1.82) is 0 Å². The van der Waals surface area contributed by atoms with Gasteiger partial charge in [-0.3, -0.25) is 4.79 Å². The summed E-state index contributed by atoms with van der Waals surface area (Å²) in [5.74, 6) is 0.819. The molecule has 1 aromatic rings. The quantitative estimate of drug-likeness (QED) is 0.625. The molecule has 0 radical (unpaired) electrons. The molecule has 0 atom stereocenters. The van der Waals surface area contributed by atoms with Crippen LogP contribution in [0.2, 0.25) is 0 Å². The average Bonchev–Trinajstić information content (AvgIpc) is 2.80. The fourth-order valence-electron chi connectivity index (χ4n) is 2.42. The van der Waals surface area contributed by atoms with Gasteiger partial charge in [-0.1, -0.05) is 18.2 Å². The third-order valence-electron chi connectivity index (χ3n) is 3.48. The van der Waals surface area contributed by atoms with Crippen LogP contribution in [0.25, 0.3) is 0 Å². The van der Waals surface area contributed by atoms with E-state index in [1.807, 2.05) is 43.9 Å². The molecular weight excluding hydrogens is 252 g/mol. The van der Waals surface area contributed by atoms with Crippen LogP contribution in [-0.4, -0.2) is 36.4 Å². The molecule has 1 aromatic carbocycles. The molecule has 1 aliphatic heterocycles. The molecule has 0 aromatic heterocycles. The van der Waals surface area contributed by atoms with Crippen molar-refractivity contribution in [3.8, 4) is 0 Å². The summed E-state index contributed by atoms with van der Waals surface area (Å²) < 4.78 is 5.62. The van der Waals surface area contributed by atoms with Crippen molar-refractivity contribution in [2.75, 3.05) is 19.7 Å². The molecule has 0 aliphatic carbocycles. The van der Waals surface area contributed by atoms with Gasteiger partial charge in [0.2, 0.25) is 11.8 Å². The molecular formula is C16H22N2O2. The Hall–Kier alpha value is -1.84. The summed E-state index contributed by atoms with van der Waals surface area (Å²) in [6.45, 7) is 7.85. The minimum Gasteiger partial charge on any atom is -0.480 e. The molecule has 0 unspecified atom stereocenters. The van der Waals surface area contributed by atoms with Crippen LogP contribution in [0.3, 0.4) is 0 Å². The van der Waals surface area contributed by atoms with Gasteiger partial charge in [-0.05, 0) is 38.3 Å². The standard InChI is InChI=1S/C16H22N2O2/c1-4-20-14(11-18-10-6-9-15(18)19)17-16-12(2)7-5-8-13(16)3/h5,7-8H,4,6,9-11H2,1-3H3. The highest BCUT2D eigenvalue weighted by atomic mass is 16.5. The Morgan fingerprint density at radius 2 is 2.05 bits per heavy atom. The zero-order valence-electron chi connectivity index (χ0n) is 12.5. The van der Waals surface area contributed by atoms with Crippen LogP contribution in [0.5, 0.6) is 0 Å². The van der Waals surface area contributed by atoms with Crippen molar-refractivity contribution in [2.24, 2.45) is 4.99 Å². The van der Waals surface area contributed by atoms with Gasteiger partial charge in [0.15, 0.2) is 0 Å². The fraction of sp³-hybridized carbons (Fsp3) is 0.500. The number of ether oxygens (including phenoxy) is 1. The minimum atomic E-state index is 0.193. The summed E-state index contributed by atoms with van der Waals surface area (Å²) in [5, 5.41) is 0. The lowest BCUT2D eigenvalue weighted by Crippen LogP contribution is -2.32. The van der Waals surface area contributed by atoms with Crippen LogP contribution in [0, 0.1) is 13.8 Å². The SMILES string of the molecule is CCOC(CN1CCCC1=O)=Nc1c(C)cccc1C. The molecule has 20 heavy (non-hydrogen) atoms. The van der Waals surface area contributed by atoms with E-state index >= 15 is 0 Å². The highest BCUT2D eigenvalue weighted by molar-refractivity contribution is 5.87. The largest absolute Gasteiger partial charge is 0.480 e. The molecule has 4 heteroatoms. The van der Waals surface area contributed by atoms with E-state index in [2.05, 4.69) is 4.99 Å². The van der Waals surface area contributed by atoms with E-state index in [0.717, 1.165) is 29.8 Å². The first-order valence-corrected chi connectivity index (χ1v) is 7.16. The molecule has 2 rings (SSSR count). The van der Waals surface area contributed by atoms with Gasteiger partial charge < -0.3 is 9.64 Å². The molecule has 108 valence electrons. The van der Waals surface area contributed by atoms with Gasteiger partial charge >= 0.3 is 0 Å². The van der Waals surface area contributed by atoms with Gasteiger partial charge in [-0.25, -0.2) is 4.99 Å². The van der Waals surface area contributed by atoms with Gasteiger partial charge in [0, 0.05) is 13.0 Å². The van der Waals surface area contributed by atoms with Crippen molar-refractivity contribution in [3.63, 3.8) is 0 Å². The Morgan fingerprint density at radius 1 is 1.35 bits per heavy atom. The summed E-state index contributed by atoms with van der Waals surface area (Å²) in [7, 11) is 0. The van der Waals surface area contributed by atoms with E-state index in [-0.39, 0.29) is 5.91 Å². The van der Waals surface area contributed by atoms with Crippen molar-refractivity contribution in [2.45, 2.75) is 33.6 Å². The number of carbonyl (C=O) groups is 1. The Morgan fingerprint density at radius 3 is 2.60 bits per heavy atom. The lowest BCUT2D eigenvalue weighted by molar-refractivity contribution is -0.127. The third-order valence-corrected chi connectivity index (χ3v) is 3.48. The highest BCUT2D eigenvalue weighted by Gasteiger charge is 2.22. The van der Waals surface area contributed by atoms with Gasteiger partial charge in [0.05, 0.1) is 18.8 Å². The maximum absolute atomic E-state index is 11.7. The van der Waals surface area contributed by atoms with Crippen molar-refractivity contribution < 1.29 is 9.53 Å². The molecule has 0 N–H and O–H groups in total. The summed E-state index contributed by atoms with van der Waals surface area (Å²) >= 11 is 0. The van der Waals surface area contributed by atoms with Crippen LogP contribution in [0.4, 0.5) is 5.69 Å². The first-order valence-electron chi connectivity index (χ1n) is 7.16. The number of amides is 1. The van der Waals surface area contributed by atoms with E-state index in [1.54, 1.807) is 0 Å². The highest BCUT2D eigenvalue weighted by Crippen LogP contribution is 2.23. The minimum absolute atomic E-state index is 0.193. The van der Waals surface area contributed by atoms with Gasteiger partial charge in [-0.15, -0.1) is 0 Å². The third kappa shape index (κ3) is 3.38. The maximum Gasteiger partial charge on any atom is 0.223 e. The predicted molar refractivity (Wildman–Crippen MR) is 80.5 cm³/mol. The molecule has 1 saturated heterocycles. The molecule has 4 nitrogen and oxygen atoms in total. The molecule has 0 spiro atoms. The molecule has 1 amide bonds. The molecule has 0 bridgehead atoms. The number of aryl methyl sites for hydroxylation is 2. The summed E-state index contributed by atoms with van der Waals surface area (Å²) in [6.07, 6.45) is 1.57. The van der Waals surface area contributed by atoms with Crippen molar-refractivity contribution in [1.82, 2.24) is 4.90 Å². The number of benzene rings is 1. The normalized spacial score (nSPS) is 15.8. The Balaban J connectivity index is 2.23. The predicted octanol–water partition coefficient (Wildman–Crippen LogP) is 2.99. The summed E-state index contributed by atoms with van der Waals surface area (Å²) in [6, 6.07) is 6.10. The van der Waals surface area contributed by atoms with E-state index in [0.29, 0.717) is 25.5 Å². The van der Waals surface area contributed by atoms with E-state index in [4.69, 9.17) is 4.74 Å². The average molecular weight is 274 g/mol. The van der Waals surface area contributed by atoms with Crippen LogP contribution in [0.15, 0.2) is 23.2 Å². The number of likely N-dealkylation sites (tertiary alicyclic amines) is 1. The zero-order valence-corrected chi connectivity index (χ0v) is 12.5. The number of rotatable bonds is 4. The Bertz CT molecular complexity index is 503. The number of aliphatic imine (C=N–C) groups is 1. The van der Waals surface area contributed by atoms with Crippen molar-refractivity contribution >= 4 is 17.5 Å². The second kappa shape index (κ2) is 6.55. The number of hydrogen-bond acceptors (Lipinski definition) is 3. The Kier molecular flexibility index (Phi) is 4.77. The molecule has 1 fully saturated rings. The second-order valence-electron chi connectivity index (χ2n) is 5.10. The van der Waals surface area contributed by atoms with E-state index < -0.39 is 0 Å². The summed E-state index contributed by atoms with van der Waals surface area (Å²) in [5.41, 5.74) is 3.19. The molecule has 1 heterocycles. The Labute approximate surface area is 120 Å². The zero-order chi connectivity index (χ0) is 14.5.